The van der Waals surface area contributed by atoms with Gasteiger partial charge in [-0.2, -0.15) is 0 Å². The fourth-order valence-corrected chi connectivity index (χ4v) is 7.73. The highest BCUT2D eigenvalue weighted by molar-refractivity contribution is 6.15. The smallest absolute Gasteiger partial charge is 0.136 e. The maximum Gasteiger partial charge on any atom is 0.136 e. The third-order valence-corrected chi connectivity index (χ3v) is 10.3. The Kier molecular flexibility index (Phi) is 7.24. The molecule has 0 amide bonds. The lowest BCUT2D eigenvalue weighted by molar-refractivity contribution is 0.203. The molecule has 1 aliphatic rings. The molecule has 4 heteroatoms. The van der Waals surface area contributed by atoms with Gasteiger partial charge < -0.3 is 4.42 Å². The number of rotatable bonds is 5. The summed E-state index contributed by atoms with van der Waals surface area (Å²) < 4.78 is 6.74. The van der Waals surface area contributed by atoms with E-state index in [4.69, 9.17) is 4.42 Å². The van der Waals surface area contributed by atoms with Crippen LogP contribution < -0.4 is 16.0 Å². The number of nitrogens with one attached hydrogen (secondary N) is 3. The molecule has 244 valence electrons. The van der Waals surface area contributed by atoms with Gasteiger partial charge in [0.25, 0.3) is 0 Å². The third-order valence-electron chi connectivity index (χ3n) is 10.3. The van der Waals surface area contributed by atoms with Crippen molar-refractivity contribution in [2.24, 2.45) is 0 Å². The van der Waals surface area contributed by atoms with Gasteiger partial charge in [0.05, 0.1) is 18.5 Å². The van der Waals surface area contributed by atoms with Crippen molar-refractivity contribution in [1.29, 1.82) is 0 Å². The first-order valence-corrected chi connectivity index (χ1v) is 17.6. The Hall–Kier alpha value is -6.04. The second-order valence-electron chi connectivity index (χ2n) is 13.5. The zero-order chi connectivity index (χ0) is 33.7. The molecule has 1 aliphatic heterocycles. The lowest BCUT2D eigenvalue weighted by Gasteiger charge is -2.39. The average molecular weight is 658 g/mol. The van der Waals surface area contributed by atoms with Crippen LogP contribution in [-0.2, 0) is 0 Å². The Morgan fingerprint density at radius 3 is 1.51 bits per heavy atom. The SMILES string of the molecule is c1ccc(C2NC(c3ccccc3)NC(c3cc(-c4ccc(-c5ccc6ccccc6c5)cc4)c4c(c3)oc3cc5ccccc5cc34)N2)cc1. The number of hydrogen-bond donors (Lipinski definition) is 3. The molecule has 10 rings (SSSR count). The summed E-state index contributed by atoms with van der Waals surface area (Å²) in [6, 6.07) is 62.9. The first-order chi connectivity index (χ1) is 25.2. The molecule has 0 saturated carbocycles. The molecule has 51 heavy (non-hydrogen) atoms. The van der Waals surface area contributed by atoms with Crippen molar-refractivity contribution in [1.82, 2.24) is 16.0 Å². The van der Waals surface area contributed by atoms with Gasteiger partial charge in [-0.05, 0) is 90.8 Å². The van der Waals surface area contributed by atoms with Crippen LogP contribution in [0.15, 0.2) is 180 Å². The van der Waals surface area contributed by atoms with Crippen molar-refractivity contribution in [3.8, 4) is 22.3 Å². The van der Waals surface area contributed by atoms with Crippen LogP contribution in [0.4, 0.5) is 0 Å². The maximum atomic E-state index is 6.74. The second-order valence-corrected chi connectivity index (χ2v) is 13.5. The molecule has 2 heterocycles. The average Bonchev–Trinajstić information content (AvgIpc) is 3.57. The van der Waals surface area contributed by atoms with Gasteiger partial charge in [0.15, 0.2) is 0 Å². The first kappa shape index (κ1) is 29.8. The monoisotopic (exact) mass is 657 g/mol. The van der Waals surface area contributed by atoms with Gasteiger partial charge in [-0.25, -0.2) is 0 Å². The Bertz CT molecular complexity index is 2640. The number of hydrogen-bond acceptors (Lipinski definition) is 4. The summed E-state index contributed by atoms with van der Waals surface area (Å²) in [4.78, 5) is 0. The number of furan rings is 1. The molecule has 9 aromatic rings. The van der Waals surface area contributed by atoms with Gasteiger partial charge in [0.1, 0.15) is 11.2 Å². The molecular formula is C47H35N3O. The molecule has 2 unspecified atom stereocenters. The fraction of sp³-hybridized carbons (Fsp3) is 0.0638. The Labute approximate surface area is 296 Å². The molecule has 4 nitrogen and oxygen atoms in total. The van der Waals surface area contributed by atoms with E-state index in [0.717, 1.165) is 38.6 Å². The summed E-state index contributed by atoms with van der Waals surface area (Å²) in [7, 11) is 0. The van der Waals surface area contributed by atoms with Crippen molar-refractivity contribution in [3.63, 3.8) is 0 Å². The molecule has 3 N–H and O–H groups in total. The highest BCUT2D eigenvalue weighted by Gasteiger charge is 2.30. The van der Waals surface area contributed by atoms with Crippen LogP contribution in [-0.4, -0.2) is 0 Å². The Morgan fingerprint density at radius 1 is 0.353 bits per heavy atom. The minimum atomic E-state index is -0.158. The summed E-state index contributed by atoms with van der Waals surface area (Å²) >= 11 is 0. The summed E-state index contributed by atoms with van der Waals surface area (Å²) in [5.74, 6) is 0. The van der Waals surface area contributed by atoms with E-state index in [1.54, 1.807) is 0 Å². The van der Waals surface area contributed by atoms with Gasteiger partial charge in [-0.3, -0.25) is 16.0 Å². The standard InChI is InChI=1S/C47H35N3O/c1-3-12-33(13-4-1)45-48-46(34-14-5-2-6-15-34)50-47(49-45)39-27-40(44-41-26-36-17-9-10-18-37(36)28-42(41)51-43(44)29-39)32-22-19-31(20-23-32)38-24-21-30-11-7-8-16-35(30)25-38/h1-29,45-50H. The van der Waals surface area contributed by atoms with Crippen LogP contribution in [0.5, 0.6) is 0 Å². The third kappa shape index (κ3) is 5.47. The summed E-state index contributed by atoms with van der Waals surface area (Å²) in [5, 5.41) is 18.7. The zero-order valence-corrected chi connectivity index (χ0v) is 27.9. The highest BCUT2D eigenvalue weighted by atomic mass is 16.3. The van der Waals surface area contributed by atoms with Crippen molar-refractivity contribution in [2.75, 3.05) is 0 Å². The number of fused-ring (bicyclic) bond motifs is 5. The number of benzene rings is 8. The summed E-state index contributed by atoms with van der Waals surface area (Å²) in [6.45, 7) is 0. The van der Waals surface area contributed by atoms with E-state index in [2.05, 4.69) is 192 Å². The van der Waals surface area contributed by atoms with Crippen LogP contribution in [0.1, 0.15) is 35.2 Å². The highest BCUT2D eigenvalue weighted by Crippen LogP contribution is 2.41. The largest absolute Gasteiger partial charge is 0.456 e. The van der Waals surface area contributed by atoms with Gasteiger partial charge in [-0.15, -0.1) is 0 Å². The summed E-state index contributed by atoms with van der Waals surface area (Å²) in [5.41, 5.74) is 9.96. The molecular weight excluding hydrogens is 623 g/mol. The van der Waals surface area contributed by atoms with E-state index in [1.165, 1.54) is 43.8 Å². The summed E-state index contributed by atoms with van der Waals surface area (Å²) in [6.07, 6.45) is -0.290. The van der Waals surface area contributed by atoms with Gasteiger partial charge in [0, 0.05) is 10.8 Å². The maximum absolute atomic E-state index is 6.74. The normalized spacial score (nSPS) is 17.8. The molecule has 8 aromatic carbocycles. The lowest BCUT2D eigenvalue weighted by Crippen LogP contribution is -2.54. The first-order valence-electron chi connectivity index (χ1n) is 17.6. The van der Waals surface area contributed by atoms with E-state index in [0.29, 0.717) is 0 Å². The van der Waals surface area contributed by atoms with E-state index < -0.39 is 0 Å². The lowest BCUT2D eigenvalue weighted by atomic mass is 9.93. The molecule has 0 spiro atoms. The molecule has 1 fully saturated rings. The van der Waals surface area contributed by atoms with Crippen molar-refractivity contribution >= 4 is 43.5 Å². The second kappa shape index (κ2) is 12.4. The molecule has 1 aromatic heterocycles. The fourth-order valence-electron chi connectivity index (χ4n) is 7.73. The van der Waals surface area contributed by atoms with E-state index >= 15 is 0 Å². The van der Waals surface area contributed by atoms with Gasteiger partial charge in [-0.1, -0.05) is 146 Å². The minimum absolute atomic E-state index is 0.0657. The van der Waals surface area contributed by atoms with Crippen LogP contribution in [0.3, 0.4) is 0 Å². The molecule has 1 saturated heterocycles. The molecule has 0 aliphatic carbocycles. The van der Waals surface area contributed by atoms with E-state index in [-0.39, 0.29) is 18.5 Å². The quantitative estimate of drug-likeness (QED) is 0.172. The van der Waals surface area contributed by atoms with Crippen molar-refractivity contribution in [2.45, 2.75) is 18.5 Å². The van der Waals surface area contributed by atoms with Gasteiger partial charge in [0.2, 0.25) is 0 Å². The molecule has 0 radical (unpaired) electrons. The van der Waals surface area contributed by atoms with Gasteiger partial charge >= 0.3 is 0 Å². The molecule has 2 atom stereocenters. The predicted molar refractivity (Wildman–Crippen MR) is 210 cm³/mol. The van der Waals surface area contributed by atoms with Crippen molar-refractivity contribution < 1.29 is 4.42 Å². The minimum Gasteiger partial charge on any atom is -0.456 e. The van der Waals surface area contributed by atoms with Crippen LogP contribution in [0.2, 0.25) is 0 Å². The molecule has 0 bridgehead atoms. The topological polar surface area (TPSA) is 49.2 Å². The Morgan fingerprint density at radius 2 is 0.863 bits per heavy atom. The van der Waals surface area contributed by atoms with Crippen LogP contribution >= 0.6 is 0 Å². The van der Waals surface area contributed by atoms with Crippen molar-refractivity contribution in [3.05, 3.63) is 193 Å². The zero-order valence-electron chi connectivity index (χ0n) is 27.9. The predicted octanol–water partition coefficient (Wildman–Crippen LogP) is 11.4. The van der Waals surface area contributed by atoms with E-state index in [9.17, 15) is 0 Å². The Balaban J connectivity index is 1.12. The van der Waals surface area contributed by atoms with E-state index in [1.807, 2.05) is 0 Å². The van der Waals surface area contributed by atoms with Crippen LogP contribution in [0.25, 0.3) is 65.7 Å². The van der Waals surface area contributed by atoms with Crippen LogP contribution in [0, 0.1) is 0 Å².